The van der Waals surface area contributed by atoms with Gasteiger partial charge in [0.1, 0.15) is 24.9 Å². The Hall–Kier alpha value is -4.18. The van der Waals surface area contributed by atoms with E-state index in [2.05, 4.69) is 67.3 Å². The van der Waals surface area contributed by atoms with Gasteiger partial charge in [0.2, 0.25) is 3.79 Å². The third kappa shape index (κ3) is 12.6. The number of allylic oxidation sites excluding steroid dienone is 12. The average Bonchev–Trinajstić information content (AvgIpc) is 4.01. The van der Waals surface area contributed by atoms with Crippen LogP contribution in [0.15, 0.2) is 131 Å². The molecule has 5 atom stereocenters. The number of aliphatic hydroxyl groups excluding tert-OH is 1. The first-order valence-electron chi connectivity index (χ1n) is 24.9. The first-order valence-corrected chi connectivity index (χ1v) is 26.0. The minimum absolute atomic E-state index is 0.121. The van der Waals surface area contributed by atoms with Gasteiger partial charge < -0.3 is 19.9 Å². The van der Waals surface area contributed by atoms with Crippen LogP contribution in [0.5, 0.6) is 0 Å². The molecule has 9 nitrogen and oxygen atoms in total. The molecular formula is C56H73Cl3N4O5. The number of carbonyl (C=O) groups excluding carboxylic acids is 2. The van der Waals surface area contributed by atoms with E-state index in [1.54, 1.807) is 0 Å². The molecule has 6 rings (SSSR count). The third-order valence-electron chi connectivity index (χ3n) is 14.5. The van der Waals surface area contributed by atoms with Gasteiger partial charge in [-0.25, -0.2) is 15.0 Å². The topological polar surface area (TPSA) is 122 Å². The van der Waals surface area contributed by atoms with Gasteiger partial charge in [0.25, 0.3) is 0 Å². The average molecular weight is 989 g/mol. The summed E-state index contributed by atoms with van der Waals surface area (Å²) in [5, 5.41) is 15.8. The molecule has 5 heterocycles. The van der Waals surface area contributed by atoms with Crippen LogP contribution in [-0.4, -0.2) is 51.2 Å². The number of esters is 2. The zero-order valence-corrected chi connectivity index (χ0v) is 44.3. The molecule has 1 saturated heterocycles. The Kier molecular flexibility index (Phi) is 18.1. The zero-order chi connectivity index (χ0) is 49.6. The van der Waals surface area contributed by atoms with Crippen LogP contribution in [0, 0.1) is 35.5 Å². The number of rotatable bonds is 21. The first-order chi connectivity index (χ1) is 32.2. The Balaban J connectivity index is 1.24. The molecule has 0 unspecified atom stereocenters. The van der Waals surface area contributed by atoms with Crippen LogP contribution in [0.1, 0.15) is 146 Å². The number of alkyl halides is 3. The molecule has 0 spiro atoms. The van der Waals surface area contributed by atoms with Crippen molar-refractivity contribution >= 4 is 63.9 Å². The summed E-state index contributed by atoms with van der Waals surface area (Å²) in [7, 11) is 0. The van der Waals surface area contributed by atoms with Crippen LogP contribution in [0.4, 0.5) is 0 Å². The van der Waals surface area contributed by atoms with Gasteiger partial charge in [-0.1, -0.05) is 140 Å². The van der Waals surface area contributed by atoms with Crippen molar-refractivity contribution < 1.29 is 24.2 Å². The SMILES string of the molecule is C=CC1=C(C)C2=NC1=CC1=NC(=CC3=C(C)C4=C(O)[C@@H](C(=O)OCC(Cl)(Cl)Cl)C(=C5NC(=C2)[C@@H](C)[C@@H]5CCC(=O)OC/C=C(\C)CCC[C@H](C)CCC[C@H](C)CCCC(C)C)C4=N3)C(CC)=C1C. The molecule has 12 heteroatoms. The molecule has 1 aliphatic carbocycles. The van der Waals surface area contributed by atoms with Gasteiger partial charge in [0.05, 0.1) is 34.2 Å². The van der Waals surface area contributed by atoms with Crippen LogP contribution in [0.25, 0.3) is 0 Å². The van der Waals surface area contributed by atoms with E-state index < -0.39 is 22.3 Å². The lowest BCUT2D eigenvalue weighted by Gasteiger charge is -2.21. The fraction of sp³-hybridized carbons (Fsp3) is 0.554. The number of ether oxygens (including phenoxy) is 2. The van der Waals surface area contributed by atoms with Crippen LogP contribution in [0.3, 0.4) is 0 Å². The summed E-state index contributed by atoms with van der Waals surface area (Å²) in [4.78, 5) is 43.0. The van der Waals surface area contributed by atoms with Gasteiger partial charge >= 0.3 is 11.9 Å². The normalized spacial score (nSPS) is 22.4. The first kappa shape index (κ1) is 53.2. The van der Waals surface area contributed by atoms with Crippen molar-refractivity contribution in [2.24, 2.45) is 50.5 Å². The van der Waals surface area contributed by atoms with Crippen molar-refractivity contribution in [3.05, 3.63) is 116 Å². The van der Waals surface area contributed by atoms with Crippen LogP contribution < -0.4 is 5.32 Å². The van der Waals surface area contributed by atoms with Gasteiger partial charge in [0.15, 0.2) is 0 Å². The van der Waals surface area contributed by atoms with Crippen molar-refractivity contribution in [1.82, 2.24) is 5.32 Å². The van der Waals surface area contributed by atoms with Crippen molar-refractivity contribution in [1.29, 1.82) is 0 Å². The number of halogens is 3. The molecule has 0 aromatic carbocycles. The smallest absolute Gasteiger partial charge is 0.321 e. The molecule has 8 bridgehead atoms. The molecule has 68 heavy (non-hydrogen) atoms. The Bertz CT molecular complexity index is 2430. The summed E-state index contributed by atoms with van der Waals surface area (Å²) < 4.78 is 9.52. The molecule has 368 valence electrons. The lowest BCUT2D eigenvalue weighted by Crippen LogP contribution is -2.28. The number of carbonyl (C=O) groups is 2. The van der Waals surface area contributed by atoms with Crippen LogP contribution >= 0.6 is 34.8 Å². The summed E-state index contributed by atoms with van der Waals surface area (Å²) in [5.41, 5.74) is 12.4. The molecule has 0 amide bonds. The van der Waals surface area contributed by atoms with E-state index in [-0.39, 0.29) is 36.6 Å². The van der Waals surface area contributed by atoms with Crippen molar-refractivity contribution in [3.63, 3.8) is 0 Å². The summed E-state index contributed by atoms with van der Waals surface area (Å²) >= 11 is 18.1. The zero-order valence-electron chi connectivity index (χ0n) is 42.0. The van der Waals surface area contributed by atoms with Gasteiger partial charge in [0, 0.05) is 46.4 Å². The molecule has 0 aromatic rings. The predicted octanol–water partition coefficient (Wildman–Crippen LogP) is 14.7. The fourth-order valence-corrected chi connectivity index (χ4v) is 10.5. The molecular weight excluding hydrogens is 915 g/mol. The molecule has 5 aliphatic heterocycles. The monoisotopic (exact) mass is 986 g/mol. The summed E-state index contributed by atoms with van der Waals surface area (Å²) in [5.74, 6) is -0.795. The minimum atomic E-state index is -1.87. The van der Waals surface area contributed by atoms with E-state index in [0.717, 1.165) is 81.9 Å². The van der Waals surface area contributed by atoms with E-state index in [4.69, 9.17) is 59.3 Å². The Morgan fingerprint density at radius 3 is 2.16 bits per heavy atom. The number of hydrogen-bond acceptors (Lipinski definition) is 9. The van der Waals surface area contributed by atoms with E-state index in [1.165, 1.54) is 50.5 Å². The van der Waals surface area contributed by atoms with Crippen molar-refractivity contribution in [2.75, 3.05) is 13.2 Å². The maximum atomic E-state index is 14.1. The number of aliphatic hydroxyl groups is 1. The van der Waals surface area contributed by atoms with Gasteiger partial charge in [-0.3, -0.25) is 9.59 Å². The quantitative estimate of drug-likeness (QED) is 0.0671. The highest BCUT2D eigenvalue weighted by Crippen LogP contribution is 2.49. The van der Waals surface area contributed by atoms with Gasteiger partial charge in [-0.15, -0.1) is 0 Å². The number of aliphatic imine (C=N–C) groups is 3. The lowest BCUT2D eigenvalue weighted by molar-refractivity contribution is -0.146. The van der Waals surface area contributed by atoms with Gasteiger partial charge in [-0.05, 0) is 118 Å². The molecule has 0 radical (unpaired) electrons. The Morgan fingerprint density at radius 2 is 1.51 bits per heavy atom. The molecule has 1 fully saturated rings. The van der Waals surface area contributed by atoms with Crippen LogP contribution in [-0.2, 0) is 19.1 Å². The van der Waals surface area contributed by atoms with Crippen molar-refractivity contribution in [3.8, 4) is 0 Å². The van der Waals surface area contributed by atoms with E-state index in [1.807, 2.05) is 44.2 Å². The maximum Gasteiger partial charge on any atom is 0.321 e. The second-order valence-corrected chi connectivity index (χ2v) is 22.7. The highest BCUT2D eigenvalue weighted by Gasteiger charge is 2.49. The second-order valence-electron chi connectivity index (χ2n) is 20.2. The van der Waals surface area contributed by atoms with Gasteiger partial charge in [-0.2, -0.15) is 0 Å². The summed E-state index contributed by atoms with van der Waals surface area (Å²) in [6.07, 6.45) is 22.2. The summed E-state index contributed by atoms with van der Waals surface area (Å²) in [6.45, 7) is 25.5. The number of nitrogens with zero attached hydrogens (tertiary/aromatic N) is 3. The standard InChI is InChI=1S/C56H73Cl3N4O5/c1-12-39-35(8)42-27-44-37(10)41(23-24-48(64)67-26-25-34(7)22-16-21-33(6)20-15-19-32(5)18-14-17-31(3)4)52(62-44)50-51(55(66)68-30-56(57,58)59)54(65)49-38(11)45(63-53(49)50)29-47-40(13-2)36(9)43(61-47)28-46(39)60-42/h12,25,27-29,31-33,37,41,51,62,65H,1,13-24,26,30H2,2-11H3/b34-25+,44-27?,46-28?,47-29?,52-50?/t32-,33-,37+,41+,51+/m1/s1. The van der Waals surface area contributed by atoms with E-state index in [9.17, 15) is 14.7 Å². The number of nitrogens with one attached hydrogen (secondary N) is 1. The maximum absolute atomic E-state index is 14.1. The second kappa shape index (κ2) is 23.2. The largest absolute Gasteiger partial charge is 0.510 e. The minimum Gasteiger partial charge on any atom is -0.510 e. The highest BCUT2D eigenvalue weighted by atomic mass is 35.6. The van der Waals surface area contributed by atoms with E-state index in [0.29, 0.717) is 46.2 Å². The Labute approximate surface area is 420 Å². The van der Waals surface area contributed by atoms with E-state index >= 15 is 0 Å². The lowest BCUT2D eigenvalue weighted by atomic mass is 9.84. The highest BCUT2D eigenvalue weighted by molar-refractivity contribution is 6.67. The molecule has 2 N–H and O–H groups in total. The molecule has 0 saturated carbocycles. The molecule has 0 aromatic heterocycles. The van der Waals surface area contributed by atoms with Crippen molar-refractivity contribution in [2.45, 2.75) is 150 Å². The third-order valence-corrected chi connectivity index (χ3v) is 14.8. The Morgan fingerprint density at radius 1 is 0.868 bits per heavy atom. The molecule has 6 aliphatic rings. The summed E-state index contributed by atoms with van der Waals surface area (Å²) in [6, 6.07) is 0. The number of hydrogen-bond donors (Lipinski definition) is 2. The fourth-order valence-electron chi connectivity index (χ4n) is 10.3. The number of fused-ring (bicyclic) bond motifs is 5. The van der Waals surface area contributed by atoms with Crippen LogP contribution in [0.2, 0.25) is 0 Å². The predicted molar refractivity (Wildman–Crippen MR) is 281 cm³/mol.